The van der Waals surface area contributed by atoms with Gasteiger partial charge in [-0.25, -0.2) is 4.79 Å². The van der Waals surface area contributed by atoms with Crippen molar-refractivity contribution in [2.75, 3.05) is 19.5 Å². The molecule has 0 unspecified atom stereocenters. The van der Waals surface area contributed by atoms with Crippen molar-refractivity contribution >= 4 is 17.7 Å². The highest BCUT2D eigenvalue weighted by Crippen LogP contribution is 2.23. The molecule has 82 valence electrons. The average molecular weight is 226 g/mol. The van der Waals surface area contributed by atoms with Crippen LogP contribution in [0.3, 0.4) is 0 Å². The Morgan fingerprint density at radius 2 is 2.20 bits per heavy atom. The molecule has 1 rings (SSSR count). The lowest BCUT2D eigenvalue weighted by molar-refractivity contribution is 0.0597. The third-order valence-corrected chi connectivity index (χ3v) is 3.01. The second-order valence-corrected chi connectivity index (χ2v) is 4.05. The number of carbonyl (C=O) groups excluding carboxylic acids is 1. The summed E-state index contributed by atoms with van der Waals surface area (Å²) >= 11 is 1.55. The third-order valence-electron chi connectivity index (χ3n) is 1.85. The van der Waals surface area contributed by atoms with Gasteiger partial charge in [-0.15, -0.1) is 11.8 Å². The molecule has 3 nitrogen and oxygen atoms in total. The number of hydrogen-bond acceptors (Lipinski definition) is 4. The lowest BCUT2D eigenvalue weighted by atomic mass is 10.2. The number of ether oxygens (including phenoxy) is 1. The molecular weight excluding hydrogens is 212 g/mol. The van der Waals surface area contributed by atoms with Gasteiger partial charge in [0.1, 0.15) is 0 Å². The number of aliphatic hydroxyl groups is 1. The fraction of sp³-hybridized carbons (Fsp3) is 0.364. The molecule has 0 saturated carbocycles. The van der Waals surface area contributed by atoms with Crippen LogP contribution < -0.4 is 0 Å². The molecule has 1 aromatic rings. The van der Waals surface area contributed by atoms with Gasteiger partial charge in [0, 0.05) is 17.3 Å². The van der Waals surface area contributed by atoms with Crippen LogP contribution in [0.5, 0.6) is 0 Å². The Kier molecular flexibility index (Phi) is 5.21. The van der Waals surface area contributed by atoms with E-state index < -0.39 is 0 Å². The molecular formula is C11H14O3S. The molecule has 1 N–H and O–H groups in total. The lowest BCUT2D eigenvalue weighted by Gasteiger charge is -2.06. The van der Waals surface area contributed by atoms with Crippen molar-refractivity contribution < 1.29 is 14.6 Å². The molecule has 0 aliphatic heterocycles. The van der Waals surface area contributed by atoms with Gasteiger partial charge in [0.25, 0.3) is 0 Å². The maximum atomic E-state index is 11.4. The zero-order valence-corrected chi connectivity index (χ0v) is 9.42. The number of benzene rings is 1. The molecule has 0 saturated heterocycles. The first-order valence-electron chi connectivity index (χ1n) is 4.70. The van der Waals surface area contributed by atoms with Gasteiger partial charge < -0.3 is 9.84 Å². The Morgan fingerprint density at radius 1 is 1.47 bits per heavy atom. The predicted octanol–water partition coefficient (Wildman–Crippen LogP) is 1.95. The van der Waals surface area contributed by atoms with Crippen LogP contribution in [0.1, 0.15) is 16.8 Å². The van der Waals surface area contributed by atoms with Gasteiger partial charge >= 0.3 is 5.97 Å². The Bertz CT molecular complexity index is 325. The molecule has 0 heterocycles. The number of aliphatic hydroxyl groups excluding tert-OH is 1. The summed E-state index contributed by atoms with van der Waals surface area (Å²) in [5.74, 6) is 0.479. The molecule has 0 radical (unpaired) electrons. The lowest BCUT2D eigenvalue weighted by Crippen LogP contribution is -2.03. The van der Waals surface area contributed by atoms with Gasteiger partial charge in [-0.05, 0) is 18.6 Å². The Morgan fingerprint density at radius 3 is 2.87 bits per heavy atom. The number of esters is 1. The number of thioether (sulfide) groups is 1. The summed E-state index contributed by atoms with van der Waals surface area (Å²) in [6, 6.07) is 7.32. The minimum absolute atomic E-state index is 0.174. The fourth-order valence-electron chi connectivity index (χ4n) is 1.12. The highest BCUT2D eigenvalue weighted by molar-refractivity contribution is 7.99. The minimum Gasteiger partial charge on any atom is -0.465 e. The van der Waals surface area contributed by atoms with Gasteiger partial charge in [0.05, 0.1) is 12.7 Å². The zero-order valence-electron chi connectivity index (χ0n) is 8.60. The molecule has 0 fully saturated rings. The van der Waals surface area contributed by atoms with E-state index in [1.54, 1.807) is 17.8 Å². The standard InChI is InChI=1S/C11H14O3S/c1-14-11(13)9-5-2-3-6-10(9)15-8-4-7-12/h2-3,5-6,12H,4,7-8H2,1H3. The normalized spacial score (nSPS) is 10.0. The molecule has 0 spiro atoms. The molecule has 0 atom stereocenters. The Balaban J connectivity index is 2.73. The number of rotatable bonds is 5. The van der Waals surface area contributed by atoms with Crippen molar-refractivity contribution in [3.05, 3.63) is 29.8 Å². The van der Waals surface area contributed by atoms with Gasteiger partial charge in [0.15, 0.2) is 0 Å². The van der Waals surface area contributed by atoms with Gasteiger partial charge in [-0.3, -0.25) is 0 Å². The first-order valence-corrected chi connectivity index (χ1v) is 5.69. The number of hydrogen-bond donors (Lipinski definition) is 1. The maximum Gasteiger partial charge on any atom is 0.338 e. The SMILES string of the molecule is COC(=O)c1ccccc1SCCCO. The van der Waals surface area contributed by atoms with E-state index in [0.717, 1.165) is 17.1 Å². The van der Waals surface area contributed by atoms with E-state index in [-0.39, 0.29) is 12.6 Å². The van der Waals surface area contributed by atoms with E-state index in [9.17, 15) is 4.79 Å². The fourth-order valence-corrected chi connectivity index (χ4v) is 2.09. The van der Waals surface area contributed by atoms with Crippen LogP contribution in [0.4, 0.5) is 0 Å². The van der Waals surface area contributed by atoms with Crippen LogP contribution in [0.15, 0.2) is 29.2 Å². The minimum atomic E-state index is -0.318. The Labute approximate surface area is 93.4 Å². The zero-order chi connectivity index (χ0) is 11.1. The highest BCUT2D eigenvalue weighted by atomic mass is 32.2. The van der Waals surface area contributed by atoms with Crippen LogP contribution >= 0.6 is 11.8 Å². The molecule has 0 bridgehead atoms. The summed E-state index contributed by atoms with van der Waals surface area (Å²) in [6.45, 7) is 0.174. The quantitative estimate of drug-likeness (QED) is 0.473. The first-order chi connectivity index (χ1) is 7.29. The van der Waals surface area contributed by atoms with Crippen LogP contribution in [-0.2, 0) is 4.74 Å². The van der Waals surface area contributed by atoms with E-state index in [1.165, 1.54) is 7.11 Å². The van der Waals surface area contributed by atoms with Gasteiger partial charge in [-0.2, -0.15) is 0 Å². The van der Waals surface area contributed by atoms with Crippen molar-refractivity contribution in [2.45, 2.75) is 11.3 Å². The second-order valence-electron chi connectivity index (χ2n) is 2.91. The highest BCUT2D eigenvalue weighted by Gasteiger charge is 2.10. The molecule has 4 heteroatoms. The number of methoxy groups -OCH3 is 1. The van der Waals surface area contributed by atoms with E-state index in [4.69, 9.17) is 5.11 Å². The molecule has 0 aliphatic carbocycles. The summed E-state index contributed by atoms with van der Waals surface area (Å²) in [5, 5.41) is 8.66. The summed E-state index contributed by atoms with van der Waals surface area (Å²) < 4.78 is 4.68. The second kappa shape index (κ2) is 6.48. The average Bonchev–Trinajstić information content (AvgIpc) is 2.29. The van der Waals surface area contributed by atoms with E-state index >= 15 is 0 Å². The van der Waals surface area contributed by atoms with E-state index in [2.05, 4.69) is 4.74 Å². The monoisotopic (exact) mass is 226 g/mol. The van der Waals surface area contributed by atoms with Crippen molar-refractivity contribution in [3.8, 4) is 0 Å². The molecule has 0 aliphatic rings. The van der Waals surface area contributed by atoms with Crippen molar-refractivity contribution in [1.29, 1.82) is 0 Å². The van der Waals surface area contributed by atoms with E-state index in [1.807, 2.05) is 18.2 Å². The molecule has 1 aromatic carbocycles. The van der Waals surface area contributed by atoms with Crippen LogP contribution in [0, 0.1) is 0 Å². The first kappa shape index (κ1) is 12.1. The largest absolute Gasteiger partial charge is 0.465 e. The van der Waals surface area contributed by atoms with E-state index in [0.29, 0.717) is 5.56 Å². The van der Waals surface area contributed by atoms with Gasteiger partial charge in [0.2, 0.25) is 0 Å². The van der Waals surface area contributed by atoms with Crippen LogP contribution in [0.2, 0.25) is 0 Å². The van der Waals surface area contributed by atoms with Crippen LogP contribution in [0.25, 0.3) is 0 Å². The van der Waals surface area contributed by atoms with Crippen molar-refractivity contribution in [3.63, 3.8) is 0 Å². The molecule has 15 heavy (non-hydrogen) atoms. The van der Waals surface area contributed by atoms with Crippen LogP contribution in [-0.4, -0.2) is 30.5 Å². The molecule has 0 amide bonds. The summed E-state index contributed by atoms with van der Waals surface area (Å²) in [4.78, 5) is 12.3. The summed E-state index contributed by atoms with van der Waals surface area (Å²) in [6.07, 6.45) is 0.722. The van der Waals surface area contributed by atoms with Crippen molar-refractivity contribution in [1.82, 2.24) is 0 Å². The Hall–Kier alpha value is -1.00. The number of carbonyl (C=O) groups is 1. The maximum absolute atomic E-state index is 11.4. The summed E-state index contributed by atoms with van der Waals surface area (Å²) in [5.41, 5.74) is 0.586. The smallest absolute Gasteiger partial charge is 0.338 e. The molecule has 0 aromatic heterocycles. The third kappa shape index (κ3) is 3.57. The summed E-state index contributed by atoms with van der Waals surface area (Å²) in [7, 11) is 1.37. The predicted molar refractivity (Wildman–Crippen MR) is 60.2 cm³/mol. The van der Waals surface area contributed by atoms with Gasteiger partial charge in [-0.1, -0.05) is 12.1 Å². The topological polar surface area (TPSA) is 46.5 Å². The van der Waals surface area contributed by atoms with Crippen molar-refractivity contribution in [2.24, 2.45) is 0 Å².